The van der Waals surface area contributed by atoms with Crippen molar-refractivity contribution in [1.29, 1.82) is 0 Å². The molecule has 0 heterocycles. The third kappa shape index (κ3) is 18.4. The maximum Gasteiger partial charge on any atom is 0.145 e. The first-order valence-electron chi connectivity index (χ1n) is 8.04. The lowest BCUT2D eigenvalue weighted by Gasteiger charge is -2.10. The molecule has 134 valence electrons. The highest BCUT2D eigenvalue weighted by atomic mass is 79.9. The van der Waals surface area contributed by atoms with Gasteiger partial charge in [-0.25, -0.2) is 4.39 Å². The molecular weight excluding hydrogens is 443 g/mol. The van der Waals surface area contributed by atoms with Gasteiger partial charge in [0.2, 0.25) is 0 Å². The first-order chi connectivity index (χ1) is 10.7. The smallest absolute Gasteiger partial charge is 0.145 e. The monoisotopic (exact) mass is 470 g/mol. The molecule has 2 unspecified atom stereocenters. The van der Waals surface area contributed by atoms with Crippen LogP contribution in [0.2, 0.25) is 0 Å². The van der Waals surface area contributed by atoms with E-state index in [4.69, 9.17) is 11.6 Å². The van der Waals surface area contributed by atoms with Crippen LogP contribution >= 0.6 is 73.5 Å². The maximum atomic E-state index is 13.6. The minimum absolute atomic E-state index is 0.230. The molecule has 0 aliphatic carbocycles. The maximum absolute atomic E-state index is 13.6. The Kier molecular flexibility index (Phi) is 21.3. The fourth-order valence-corrected chi connectivity index (χ4v) is 5.30. The molecule has 0 saturated heterocycles. The third-order valence-corrected chi connectivity index (χ3v) is 7.54. The molecule has 0 aromatic heterocycles. The van der Waals surface area contributed by atoms with Gasteiger partial charge in [-0.3, -0.25) is 0 Å². The van der Waals surface area contributed by atoms with Crippen LogP contribution in [-0.4, -0.2) is 32.8 Å². The van der Waals surface area contributed by atoms with Crippen LogP contribution in [0, 0.1) is 0 Å². The van der Waals surface area contributed by atoms with Crippen LogP contribution in [0.15, 0.2) is 0 Å². The topological polar surface area (TPSA) is 0 Å². The van der Waals surface area contributed by atoms with Crippen LogP contribution in [0.4, 0.5) is 4.39 Å². The Hall–Kier alpha value is 2.10. The molecule has 0 fully saturated rings. The van der Waals surface area contributed by atoms with Gasteiger partial charge in [-0.15, -0.1) is 46.8 Å². The summed E-state index contributed by atoms with van der Waals surface area (Å²) in [6.45, 7) is 0. The third-order valence-electron chi connectivity index (χ3n) is 3.12. The molecule has 7 heteroatoms. The number of unbranched alkanes of at least 4 members (excludes halogenated alkanes) is 4. The Morgan fingerprint density at radius 3 is 2.23 bits per heavy atom. The van der Waals surface area contributed by atoms with Crippen molar-refractivity contribution in [3.8, 4) is 0 Å². The Bertz CT molecular complexity index is 228. The van der Waals surface area contributed by atoms with Crippen molar-refractivity contribution in [2.45, 2.75) is 68.0 Å². The molecule has 0 aromatic rings. The minimum Gasteiger partial charge on any atom is -0.236 e. The summed E-state index contributed by atoms with van der Waals surface area (Å²) in [5, 5.41) is 1.10. The standard InChI is InChI=1S/C15H29BrClFS4/c16-10-4-1-5-11-20-14(17)8-2-6-12-21-15(18)9-3-7-13-22-19/h14-15,19H,1-13H2. The van der Waals surface area contributed by atoms with E-state index in [2.05, 4.69) is 27.6 Å². The molecule has 0 nitrogen and oxygen atoms in total. The van der Waals surface area contributed by atoms with Crippen LogP contribution in [-0.2, 0) is 0 Å². The molecule has 0 aromatic carbocycles. The zero-order valence-electron chi connectivity index (χ0n) is 13.2. The highest BCUT2D eigenvalue weighted by Gasteiger charge is 2.08. The fraction of sp³-hybridized carbons (Fsp3) is 1.00. The van der Waals surface area contributed by atoms with Crippen LogP contribution in [0.3, 0.4) is 0 Å². The second-order valence-electron chi connectivity index (χ2n) is 5.14. The Balaban J connectivity index is 3.26. The first kappa shape index (κ1) is 24.1. The second-order valence-corrected chi connectivity index (χ2v) is 10.7. The number of rotatable bonds is 17. The van der Waals surface area contributed by atoms with Gasteiger partial charge in [-0.1, -0.05) is 39.6 Å². The van der Waals surface area contributed by atoms with E-state index in [9.17, 15) is 4.39 Å². The van der Waals surface area contributed by atoms with Gasteiger partial charge < -0.3 is 0 Å². The molecule has 2 atom stereocenters. The van der Waals surface area contributed by atoms with E-state index in [0.717, 1.165) is 54.7 Å². The van der Waals surface area contributed by atoms with E-state index in [1.54, 1.807) is 0 Å². The number of thiol groups is 1. The summed E-state index contributed by atoms with van der Waals surface area (Å²) in [5.74, 6) is 3.10. The predicted octanol–water partition coefficient (Wildman–Crippen LogP) is 7.80. The average molecular weight is 472 g/mol. The molecule has 0 amide bonds. The van der Waals surface area contributed by atoms with Crippen LogP contribution in [0.25, 0.3) is 0 Å². The lowest BCUT2D eigenvalue weighted by molar-refractivity contribution is 0.419. The fourth-order valence-electron chi connectivity index (χ4n) is 1.84. The molecule has 0 aliphatic rings. The average Bonchev–Trinajstić information content (AvgIpc) is 2.51. The summed E-state index contributed by atoms with van der Waals surface area (Å²) >= 11 is 17.2. The number of halogens is 3. The Labute approximate surface area is 167 Å². The summed E-state index contributed by atoms with van der Waals surface area (Å²) in [7, 11) is 1.54. The van der Waals surface area contributed by atoms with Crippen LogP contribution < -0.4 is 0 Å². The molecule has 0 N–H and O–H groups in total. The summed E-state index contributed by atoms with van der Waals surface area (Å²) in [6.07, 6.45) is 9.73. The van der Waals surface area contributed by atoms with Crippen LogP contribution in [0.1, 0.15) is 57.8 Å². The lowest BCUT2D eigenvalue weighted by atomic mass is 10.3. The summed E-state index contributed by atoms with van der Waals surface area (Å²) in [4.78, 5) is 0. The Morgan fingerprint density at radius 1 is 0.864 bits per heavy atom. The van der Waals surface area contributed by atoms with Gasteiger partial charge >= 0.3 is 0 Å². The van der Waals surface area contributed by atoms with Gasteiger partial charge in [0.05, 0.1) is 4.71 Å². The highest BCUT2D eigenvalue weighted by molar-refractivity contribution is 9.09. The van der Waals surface area contributed by atoms with Crippen molar-refractivity contribution >= 4 is 73.5 Å². The minimum atomic E-state index is -0.694. The van der Waals surface area contributed by atoms with Crippen molar-refractivity contribution in [3.63, 3.8) is 0 Å². The molecule has 0 bridgehead atoms. The van der Waals surface area contributed by atoms with Gasteiger partial charge in [-0.2, -0.15) is 0 Å². The molecular formula is C15H29BrClFS4. The zero-order valence-corrected chi connectivity index (χ0v) is 18.8. The van der Waals surface area contributed by atoms with Crippen molar-refractivity contribution in [2.24, 2.45) is 0 Å². The quantitative estimate of drug-likeness (QED) is 0.0995. The van der Waals surface area contributed by atoms with E-state index in [1.165, 1.54) is 41.8 Å². The van der Waals surface area contributed by atoms with Crippen LogP contribution in [0.5, 0.6) is 0 Å². The van der Waals surface area contributed by atoms with E-state index in [1.807, 2.05) is 11.8 Å². The second kappa shape index (κ2) is 19.4. The number of hydrogen-bond acceptors (Lipinski definition) is 4. The summed E-state index contributed by atoms with van der Waals surface area (Å²) in [6, 6.07) is 0. The largest absolute Gasteiger partial charge is 0.236 e. The van der Waals surface area contributed by atoms with E-state index in [0.29, 0.717) is 6.42 Å². The van der Waals surface area contributed by atoms with Gasteiger partial charge in [0.15, 0.2) is 0 Å². The van der Waals surface area contributed by atoms with Crippen molar-refractivity contribution in [1.82, 2.24) is 0 Å². The molecule has 0 rings (SSSR count). The van der Waals surface area contributed by atoms with Gasteiger partial charge in [0, 0.05) is 11.1 Å². The zero-order chi connectivity index (χ0) is 16.5. The first-order valence-corrected chi connectivity index (χ1v) is 13.7. The molecule has 22 heavy (non-hydrogen) atoms. The number of alkyl halides is 3. The summed E-state index contributed by atoms with van der Waals surface area (Å²) < 4.78 is 13.8. The van der Waals surface area contributed by atoms with E-state index >= 15 is 0 Å². The molecule has 0 radical (unpaired) electrons. The number of hydrogen-bond donors (Lipinski definition) is 1. The van der Waals surface area contributed by atoms with Gasteiger partial charge in [-0.05, 0) is 56.5 Å². The highest BCUT2D eigenvalue weighted by Crippen LogP contribution is 2.25. The molecule has 0 saturated carbocycles. The molecule has 0 aliphatic heterocycles. The predicted molar refractivity (Wildman–Crippen MR) is 116 cm³/mol. The normalized spacial score (nSPS) is 14.2. The van der Waals surface area contributed by atoms with Crippen molar-refractivity contribution in [3.05, 3.63) is 0 Å². The van der Waals surface area contributed by atoms with E-state index < -0.39 is 5.50 Å². The van der Waals surface area contributed by atoms with E-state index in [-0.39, 0.29) is 4.71 Å². The lowest BCUT2D eigenvalue weighted by Crippen LogP contribution is -1.98. The number of thioether (sulfide) groups is 2. The van der Waals surface area contributed by atoms with Gasteiger partial charge in [0.25, 0.3) is 0 Å². The molecule has 0 spiro atoms. The van der Waals surface area contributed by atoms with Gasteiger partial charge in [0.1, 0.15) is 5.50 Å². The SMILES string of the molecule is FC(CCCCSS)SCCCCC(Cl)SCCCCCBr. The van der Waals surface area contributed by atoms with Crippen molar-refractivity contribution < 1.29 is 4.39 Å². The van der Waals surface area contributed by atoms with Crippen molar-refractivity contribution in [2.75, 3.05) is 22.6 Å². The summed E-state index contributed by atoms with van der Waals surface area (Å²) in [5.41, 5.74) is -0.694. The Morgan fingerprint density at radius 2 is 1.50 bits per heavy atom.